The molecule has 3 rings (SSSR count). The van der Waals surface area contributed by atoms with Crippen LogP contribution in [-0.2, 0) is 6.18 Å². The number of alkyl halides is 3. The zero-order chi connectivity index (χ0) is 19.8. The van der Waals surface area contributed by atoms with Crippen LogP contribution < -0.4 is 11.0 Å². The monoisotopic (exact) mass is 398 g/mol. The molecule has 142 valence electrons. The lowest BCUT2D eigenvalue weighted by Gasteiger charge is -2.16. The van der Waals surface area contributed by atoms with Crippen molar-refractivity contribution in [1.29, 1.82) is 0 Å². The molecule has 0 saturated carbocycles. The lowest BCUT2D eigenvalue weighted by atomic mass is 10.2. The molecule has 1 aromatic carbocycles. The predicted octanol–water partition coefficient (Wildman–Crippen LogP) is 3.25. The summed E-state index contributed by atoms with van der Waals surface area (Å²) in [4.78, 5) is 20.1. The van der Waals surface area contributed by atoms with Gasteiger partial charge in [-0.3, -0.25) is 0 Å². The maximum Gasteiger partial charge on any atom is 0.433 e. The summed E-state index contributed by atoms with van der Waals surface area (Å²) in [5.41, 5.74) is -2.08. The third-order valence-corrected chi connectivity index (χ3v) is 4.01. The number of anilines is 1. The smallest absolute Gasteiger partial charge is 0.392 e. The molecule has 3 aromatic rings. The van der Waals surface area contributed by atoms with Gasteiger partial charge in [-0.05, 0) is 31.2 Å². The number of benzene rings is 1. The van der Waals surface area contributed by atoms with Crippen LogP contribution in [0.15, 0.2) is 41.2 Å². The number of nitrogens with one attached hydrogen (secondary N) is 1. The molecule has 0 aliphatic carbocycles. The highest BCUT2D eigenvalue weighted by Gasteiger charge is 2.33. The number of rotatable bonds is 4. The topological polar surface area (TPSA) is 80.0 Å². The van der Waals surface area contributed by atoms with E-state index in [4.69, 9.17) is 11.6 Å². The molecule has 0 spiro atoms. The first-order valence-electron chi connectivity index (χ1n) is 7.86. The molecule has 6 nitrogen and oxygen atoms in total. The van der Waals surface area contributed by atoms with Crippen molar-refractivity contribution in [1.82, 2.24) is 14.5 Å². The highest BCUT2D eigenvalue weighted by atomic mass is 35.5. The van der Waals surface area contributed by atoms with Gasteiger partial charge in [-0.1, -0.05) is 23.7 Å². The Bertz CT molecular complexity index is 1050. The molecule has 0 saturated heterocycles. The average molecular weight is 399 g/mol. The van der Waals surface area contributed by atoms with Gasteiger partial charge in [-0.15, -0.1) is 0 Å². The first-order chi connectivity index (χ1) is 12.7. The number of hydrogen-bond donors (Lipinski definition) is 2. The van der Waals surface area contributed by atoms with Crippen molar-refractivity contribution in [2.24, 2.45) is 0 Å². The molecule has 1 atom stereocenters. The van der Waals surface area contributed by atoms with E-state index < -0.39 is 23.7 Å². The molecule has 2 N–H and O–H groups in total. The summed E-state index contributed by atoms with van der Waals surface area (Å²) < 4.78 is 40.4. The molecule has 1 unspecified atom stereocenters. The van der Waals surface area contributed by atoms with E-state index in [1.54, 1.807) is 12.1 Å². The van der Waals surface area contributed by atoms with Gasteiger partial charge < -0.3 is 10.4 Å². The Hall–Kier alpha value is -2.65. The minimum atomic E-state index is -4.69. The third kappa shape index (κ3) is 3.88. The van der Waals surface area contributed by atoms with Crippen LogP contribution in [0.25, 0.3) is 16.7 Å². The van der Waals surface area contributed by atoms with Crippen molar-refractivity contribution < 1.29 is 18.3 Å². The molecule has 0 aliphatic heterocycles. The van der Waals surface area contributed by atoms with Crippen molar-refractivity contribution >= 4 is 28.5 Å². The van der Waals surface area contributed by atoms with E-state index in [-0.39, 0.29) is 34.1 Å². The molecular formula is C17H14ClF3N4O2. The number of pyridine rings is 1. The fourth-order valence-corrected chi connectivity index (χ4v) is 2.71. The minimum Gasteiger partial charge on any atom is -0.392 e. The van der Waals surface area contributed by atoms with Gasteiger partial charge >= 0.3 is 11.9 Å². The van der Waals surface area contributed by atoms with Crippen molar-refractivity contribution in [3.05, 3.63) is 57.6 Å². The Morgan fingerprint density at radius 1 is 1.22 bits per heavy atom. The van der Waals surface area contributed by atoms with Gasteiger partial charge in [0.1, 0.15) is 11.5 Å². The van der Waals surface area contributed by atoms with Gasteiger partial charge in [0.05, 0.1) is 22.2 Å². The second-order valence-corrected chi connectivity index (χ2v) is 6.23. The summed E-state index contributed by atoms with van der Waals surface area (Å²) in [6, 6.07) is 8.18. The highest BCUT2D eigenvalue weighted by Crippen LogP contribution is 2.31. The van der Waals surface area contributed by atoms with Crippen molar-refractivity contribution in [2.45, 2.75) is 19.2 Å². The molecular weight excluding hydrogens is 385 g/mol. The van der Waals surface area contributed by atoms with Gasteiger partial charge in [0.15, 0.2) is 5.65 Å². The third-order valence-electron chi connectivity index (χ3n) is 3.69. The lowest BCUT2D eigenvalue weighted by molar-refractivity contribution is -0.141. The van der Waals surface area contributed by atoms with E-state index in [0.717, 1.165) is 10.6 Å². The molecule has 0 fully saturated rings. The number of halogens is 4. The Labute approximate surface area is 156 Å². The largest absolute Gasteiger partial charge is 0.433 e. The van der Waals surface area contributed by atoms with Crippen LogP contribution in [0.5, 0.6) is 0 Å². The zero-order valence-electron chi connectivity index (χ0n) is 14.0. The first-order valence-corrected chi connectivity index (χ1v) is 8.24. The standard InChI is InChI=1S/C17H14ClF3N4O2/c1-9(26)8-22-14-10-6-7-13(17(19,20)21)23-15(10)25(16(27)24-14)12-5-3-2-4-11(12)18/h2-7,9,26H,8H2,1H3,(H,22,24,27). The Morgan fingerprint density at radius 3 is 2.56 bits per heavy atom. The van der Waals surface area contributed by atoms with Crippen molar-refractivity contribution in [2.75, 3.05) is 11.9 Å². The van der Waals surface area contributed by atoms with E-state index >= 15 is 0 Å². The summed E-state index contributed by atoms with van der Waals surface area (Å²) in [7, 11) is 0. The molecule has 2 aromatic heterocycles. The van der Waals surface area contributed by atoms with Crippen molar-refractivity contribution in [3.63, 3.8) is 0 Å². The predicted molar refractivity (Wildman–Crippen MR) is 95.3 cm³/mol. The van der Waals surface area contributed by atoms with Crippen LogP contribution in [0, 0.1) is 0 Å². The highest BCUT2D eigenvalue weighted by molar-refractivity contribution is 6.32. The van der Waals surface area contributed by atoms with Crippen LogP contribution in [0.1, 0.15) is 12.6 Å². The average Bonchev–Trinajstić information content (AvgIpc) is 2.59. The normalized spacial score (nSPS) is 13.0. The second kappa shape index (κ2) is 7.16. The fourth-order valence-electron chi connectivity index (χ4n) is 2.49. The van der Waals surface area contributed by atoms with Gasteiger partial charge in [0, 0.05) is 6.54 Å². The van der Waals surface area contributed by atoms with Crippen LogP contribution in [0.2, 0.25) is 5.02 Å². The summed E-state index contributed by atoms with van der Waals surface area (Å²) in [6.45, 7) is 1.57. The maximum atomic E-state index is 13.1. The number of aliphatic hydroxyl groups excluding tert-OH is 1. The molecule has 0 amide bonds. The Balaban J connectivity index is 2.34. The van der Waals surface area contributed by atoms with E-state index in [0.29, 0.717) is 0 Å². The SMILES string of the molecule is CC(O)CNc1nc(=O)n(-c2ccccc2Cl)c2nc(C(F)(F)F)ccc12. The Morgan fingerprint density at radius 2 is 1.93 bits per heavy atom. The van der Waals surface area contributed by atoms with E-state index in [2.05, 4.69) is 15.3 Å². The molecule has 27 heavy (non-hydrogen) atoms. The van der Waals surface area contributed by atoms with E-state index in [9.17, 15) is 23.1 Å². The summed E-state index contributed by atoms with van der Waals surface area (Å²) in [5.74, 6) is 0.0282. The van der Waals surface area contributed by atoms with E-state index in [1.807, 2.05) is 0 Å². The number of aliphatic hydroxyl groups is 1. The number of hydrogen-bond acceptors (Lipinski definition) is 5. The summed E-state index contributed by atoms with van der Waals surface area (Å²) >= 11 is 6.12. The molecule has 0 aliphatic rings. The zero-order valence-corrected chi connectivity index (χ0v) is 14.7. The molecule has 10 heteroatoms. The quantitative estimate of drug-likeness (QED) is 0.705. The number of fused-ring (bicyclic) bond motifs is 1. The first kappa shape index (κ1) is 19.1. The number of aromatic nitrogens is 3. The van der Waals surface area contributed by atoms with E-state index in [1.165, 1.54) is 25.1 Å². The van der Waals surface area contributed by atoms with Crippen LogP contribution >= 0.6 is 11.6 Å². The van der Waals surface area contributed by atoms with Gasteiger partial charge in [0.2, 0.25) is 0 Å². The fraction of sp³-hybridized carbons (Fsp3) is 0.235. The summed E-state index contributed by atoms with van der Waals surface area (Å²) in [6.07, 6.45) is -5.44. The van der Waals surface area contributed by atoms with Crippen LogP contribution in [0.4, 0.5) is 19.0 Å². The van der Waals surface area contributed by atoms with Crippen molar-refractivity contribution in [3.8, 4) is 5.69 Å². The molecule has 0 bridgehead atoms. The lowest BCUT2D eigenvalue weighted by Crippen LogP contribution is -2.26. The summed E-state index contributed by atoms with van der Waals surface area (Å²) in [5, 5.41) is 12.5. The molecule has 0 radical (unpaired) electrons. The second-order valence-electron chi connectivity index (χ2n) is 5.83. The van der Waals surface area contributed by atoms with Gasteiger partial charge in [0.25, 0.3) is 0 Å². The Kier molecular flexibility index (Phi) is 5.07. The van der Waals surface area contributed by atoms with Gasteiger partial charge in [-0.25, -0.2) is 14.3 Å². The maximum absolute atomic E-state index is 13.1. The number of nitrogens with zero attached hydrogens (tertiary/aromatic N) is 3. The number of para-hydroxylation sites is 1. The molecule has 2 heterocycles. The van der Waals surface area contributed by atoms with Crippen LogP contribution in [0.3, 0.4) is 0 Å². The van der Waals surface area contributed by atoms with Crippen LogP contribution in [-0.4, -0.2) is 32.3 Å². The van der Waals surface area contributed by atoms with Gasteiger partial charge in [-0.2, -0.15) is 18.2 Å². The minimum absolute atomic E-state index is 0.0282.